The quantitative estimate of drug-likeness (QED) is 0.389. The molecule has 182 valence electrons. The number of benzene rings is 3. The van der Waals surface area contributed by atoms with Crippen LogP contribution >= 0.6 is 0 Å². The van der Waals surface area contributed by atoms with Crippen LogP contribution in [0.2, 0.25) is 0 Å². The van der Waals surface area contributed by atoms with Gasteiger partial charge in [0.2, 0.25) is 10.0 Å². The van der Waals surface area contributed by atoms with Crippen molar-refractivity contribution in [2.75, 3.05) is 5.32 Å². The van der Waals surface area contributed by atoms with Crippen molar-refractivity contribution < 1.29 is 27.5 Å². The highest BCUT2D eigenvalue weighted by molar-refractivity contribution is 7.89. The van der Waals surface area contributed by atoms with E-state index in [0.29, 0.717) is 16.8 Å². The summed E-state index contributed by atoms with van der Waals surface area (Å²) in [6.07, 6.45) is -1.33. The first-order valence-corrected chi connectivity index (χ1v) is 12.2. The van der Waals surface area contributed by atoms with Crippen molar-refractivity contribution in [2.24, 2.45) is 5.14 Å². The smallest absolute Gasteiger partial charge is 0.309 e. The Morgan fingerprint density at radius 2 is 1.46 bits per heavy atom. The van der Waals surface area contributed by atoms with Crippen LogP contribution in [0.1, 0.15) is 35.3 Å². The SMILES string of the molecule is C[C@@H](OC(=O)C[C@@H](NC(=O)c1ccccc1)c1ccccc1)C(=O)Nc1ccc(S(N)(=O)=O)cc1. The summed E-state index contributed by atoms with van der Waals surface area (Å²) in [6, 6.07) is 22.1. The maximum absolute atomic E-state index is 12.7. The van der Waals surface area contributed by atoms with Crippen LogP contribution in [-0.4, -0.2) is 32.3 Å². The predicted molar refractivity (Wildman–Crippen MR) is 130 cm³/mol. The topological polar surface area (TPSA) is 145 Å². The van der Waals surface area contributed by atoms with Crippen LogP contribution in [0.5, 0.6) is 0 Å². The highest BCUT2D eigenvalue weighted by Gasteiger charge is 2.24. The normalized spacial score (nSPS) is 12.7. The van der Waals surface area contributed by atoms with Crippen LogP contribution in [0.4, 0.5) is 5.69 Å². The number of sulfonamides is 1. The number of hydrogen-bond donors (Lipinski definition) is 3. The molecule has 2 amide bonds. The second kappa shape index (κ2) is 11.4. The molecule has 0 saturated heterocycles. The zero-order valence-corrected chi connectivity index (χ0v) is 19.7. The number of nitrogens with two attached hydrogens (primary N) is 1. The highest BCUT2D eigenvalue weighted by atomic mass is 32.2. The molecule has 3 aromatic rings. The van der Waals surface area contributed by atoms with Gasteiger partial charge in [0.05, 0.1) is 17.4 Å². The van der Waals surface area contributed by atoms with Crippen LogP contribution < -0.4 is 15.8 Å². The molecule has 3 aromatic carbocycles. The summed E-state index contributed by atoms with van der Waals surface area (Å²) < 4.78 is 28.0. The van der Waals surface area contributed by atoms with Crippen LogP contribution in [0.3, 0.4) is 0 Å². The number of anilines is 1. The molecule has 2 atom stereocenters. The van der Waals surface area contributed by atoms with Gasteiger partial charge >= 0.3 is 5.97 Å². The minimum Gasteiger partial charge on any atom is -0.452 e. The molecule has 35 heavy (non-hydrogen) atoms. The summed E-state index contributed by atoms with van der Waals surface area (Å²) in [5.41, 5.74) is 1.46. The van der Waals surface area contributed by atoms with Crippen molar-refractivity contribution in [3.8, 4) is 0 Å². The van der Waals surface area contributed by atoms with Gasteiger partial charge in [0.15, 0.2) is 6.10 Å². The maximum Gasteiger partial charge on any atom is 0.309 e. The summed E-state index contributed by atoms with van der Waals surface area (Å²) in [7, 11) is -3.85. The van der Waals surface area contributed by atoms with Gasteiger partial charge in [-0.1, -0.05) is 48.5 Å². The highest BCUT2D eigenvalue weighted by Crippen LogP contribution is 2.19. The standard InChI is InChI=1S/C25H25N3O6S/c1-17(24(30)27-20-12-14-21(15-13-20)35(26,32)33)34-23(29)16-22(18-8-4-2-5-9-18)28-25(31)19-10-6-3-7-11-19/h2-15,17,22H,16H2,1H3,(H,27,30)(H,28,31)(H2,26,32,33)/t17-,22-/m1/s1. The van der Waals surface area contributed by atoms with E-state index in [-0.39, 0.29) is 17.2 Å². The van der Waals surface area contributed by atoms with Gasteiger partial charge in [-0.05, 0) is 48.9 Å². The molecule has 0 saturated carbocycles. The summed E-state index contributed by atoms with van der Waals surface area (Å²) in [5, 5.41) is 10.4. The molecule has 0 aromatic heterocycles. The monoisotopic (exact) mass is 495 g/mol. The Hall–Kier alpha value is -4.02. The minimum absolute atomic E-state index is 0.0977. The Labute approximate surface area is 203 Å². The van der Waals surface area contributed by atoms with E-state index in [1.807, 2.05) is 6.07 Å². The lowest BCUT2D eigenvalue weighted by Gasteiger charge is -2.20. The molecule has 0 radical (unpaired) electrons. The van der Waals surface area contributed by atoms with Crippen LogP contribution in [-0.2, 0) is 24.3 Å². The fraction of sp³-hybridized carbons (Fsp3) is 0.160. The van der Waals surface area contributed by atoms with Crippen LogP contribution in [0.15, 0.2) is 89.8 Å². The van der Waals surface area contributed by atoms with E-state index in [0.717, 1.165) is 0 Å². The predicted octanol–water partition coefficient (Wildman–Crippen LogP) is 2.77. The summed E-state index contributed by atoms with van der Waals surface area (Å²) in [6.45, 7) is 1.41. The van der Waals surface area contributed by atoms with E-state index in [2.05, 4.69) is 10.6 Å². The van der Waals surface area contributed by atoms with E-state index >= 15 is 0 Å². The second-order valence-electron chi connectivity index (χ2n) is 7.70. The number of primary sulfonamides is 1. The lowest BCUT2D eigenvalue weighted by Crippen LogP contribution is -2.33. The van der Waals surface area contributed by atoms with E-state index < -0.39 is 34.0 Å². The molecule has 0 heterocycles. The van der Waals surface area contributed by atoms with Crippen molar-refractivity contribution in [3.63, 3.8) is 0 Å². The second-order valence-corrected chi connectivity index (χ2v) is 9.26. The zero-order chi connectivity index (χ0) is 25.4. The average Bonchev–Trinajstić information content (AvgIpc) is 2.84. The van der Waals surface area contributed by atoms with Gasteiger partial charge < -0.3 is 15.4 Å². The van der Waals surface area contributed by atoms with Crippen molar-refractivity contribution in [1.82, 2.24) is 5.32 Å². The molecule has 0 fully saturated rings. The van der Waals surface area contributed by atoms with E-state index in [4.69, 9.17) is 9.88 Å². The van der Waals surface area contributed by atoms with E-state index in [9.17, 15) is 22.8 Å². The third-order valence-corrected chi connectivity index (χ3v) is 5.97. The molecule has 0 aliphatic carbocycles. The summed E-state index contributed by atoms with van der Waals surface area (Å²) >= 11 is 0. The largest absolute Gasteiger partial charge is 0.452 e. The molecule has 0 bridgehead atoms. The maximum atomic E-state index is 12.7. The molecule has 9 nitrogen and oxygen atoms in total. The van der Waals surface area contributed by atoms with Crippen molar-refractivity contribution >= 4 is 33.5 Å². The molecular weight excluding hydrogens is 470 g/mol. The van der Waals surface area contributed by atoms with Crippen molar-refractivity contribution in [3.05, 3.63) is 96.1 Å². The number of carbonyl (C=O) groups excluding carboxylic acids is 3. The third kappa shape index (κ3) is 7.49. The molecule has 3 rings (SSSR count). The molecule has 10 heteroatoms. The summed E-state index contributed by atoms with van der Waals surface area (Å²) in [5.74, 6) is -1.63. The van der Waals surface area contributed by atoms with Crippen LogP contribution in [0.25, 0.3) is 0 Å². The Balaban J connectivity index is 1.62. The fourth-order valence-corrected chi connectivity index (χ4v) is 3.72. The minimum atomic E-state index is -3.85. The Morgan fingerprint density at radius 3 is 2.03 bits per heavy atom. The molecule has 0 unspecified atom stereocenters. The number of amides is 2. The number of ether oxygens (including phenoxy) is 1. The molecule has 4 N–H and O–H groups in total. The molecular formula is C25H25N3O6S. The van der Waals surface area contributed by atoms with Crippen molar-refractivity contribution in [1.29, 1.82) is 0 Å². The number of rotatable bonds is 9. The molecule has 0 aliphatic heterocycles. The van der Waals surface area contributed by atoms with Gasteiger partial charge in [-0.25, -0.2) is 13.6 Å². The first-order chi connectivity index (χ1) is 16.6. The average molecular weight is 496 g/mol. The van der Waals surface area contributed by atoms with E-state index in [1.165, 1.54) is 31.2 Å². The van der Waals surface area contributed by atoms with E-state index in [1.54, 1.807) is 54.6 Å². The zero-order valence-electron chi connectivity index (χ0n) is 18.9. The number of nitrogens with one attached hydrogen (secondary N) is 2. The number of carbonyl (C=O) groups is 3. The lowest BCUT2D eigenvalue weighted by molar-refractivity contribution is -0.153. The van der Waals surface area contributed by atoms with Crippen molar-refractivity contribution in [2.45, 2.75) is 30.4 Å². The van der Waals surface area contributed by atoms with Gasteiger partial charge in [-0.3, -0.25) is 14.4 Å². The fourth-order valence-electron chi connectivity index (χ4n) is 3.21. The number of esters is 1. The van der Waals surface area contributed by atoms with Crippen LogP contribution in [0, 0.1) is 0 Å². The first-order valence-electron chi connectivity index (χ1n) is 10.7. The van der Waals surface area contributed by atoms with Gasteiger partial charge in [0.25, 0.3) is 11.8 Å². The number of hydrogen-bond acceptors (Lipinski definition) is 6. The lowest BCUT2D eigenvalue weighted by atomic mass is 10.0. The Kier molecular flexibility index (Phi) is 8.34. The first kappa shape index (κ1) is 25.6. The Morgan fingerprint density at radius 1 is 0.886 bits per heavy atom. The molecule has 0 spiro atoms. The Bertz CT molecular complexity index is 1280. The van der Waals surface area contributed by atoms with Gasteiger partial charge in [-0.2, -0.15) is 0 Å². The van der Waals surface area contributed by atoms with Gasteiger partial charge in [0.1, 0.15) is 0 Å². The third-order valence-electron chi connectivity index (χ3n) is 5.04. The van der Waals surface area contributed by atoms with Gasteiger partial charge in [-0.15, -0.1) is 0 Å². The van der Waals surface area contributed by atoms with Gasteiger partial charge in [0, 0.05) is 11.3 Å². The summed E-state index contributed by atoms with van der Waals surface area (Å²) in [4.78, 5) is 37.6. The molecule has 0 aliphatic rings.